The number of pyridine rings is 1. The lowest BCUT2D eigenvalue weighted by Gasteiger charge is -2.31. The van der Waals surface area contributed by atoms with Gasteiger partial charge in [-0.05, 0) is 17.7 Å². The molecule has 0 saturated heterocycles. The Bertz CT molecular complexity index is 978. The molecule has 1 unspecified atom stereocenters. The first kappa shape index (κ1) is 14.4. The Labute approximate surface area is 143 Å². The van der Waals surface area contributed by atoms with Crippen molar-refractivity contribution in [3.05, 3.63) is 76.4 Å². The summed E-state index contributed by atoms with van der Waals surface area (Å²) in [5.41, 5.74) is 9.08. The first-order valence-corrected chi connectivity index (χ1v) is 8.15. The van der Waals surface area contributed by atoms with E-state index in [1.807, 2.05) is 41.3 Å². The maximum Gasteiger partial charge on any atom is 0.167 e. The normalized spacial score (nSPS) is 18.8. The van der Waals surface area contributed by atoms with Crippen LogP contribution < -0.4 is 15.6 Å². The minimum atomic E-state index is -0.442. The Morgan fingerprint density at radius 1 is 1.04 bits per heavy atom. The number of hydrogen-bond acceptors (Lipinski definition) is 5. The second kappa shape index (κ2) is 5.45. The number of thioether (sulfide) groups is 1. The van der Waals surface area contributed by atoms with Gasteiger partial charge in [0, 0.05) is 17.0 Å². The van der Waals surface area contributed by atoms with Crippen molar-refractivity contribution in [1.82, 2.24) is 0 Å². The van der Waals surface area contributed by atoms with Gasteiger partial charge < -0.3 is 5.73 Å². The van der Waals surface area contributed by atoms with E-state index in [2.05, 4.69) is 17.1 Å². The Morgan fingerprint density at radius 3 is 2.46 bits per heavy atom. The number of hydrogen-bond donors (Lipinski definition) is 1. The highest BCUT2D eigenvalue weighted by molar-refractivity contribution is 8.03. The maximum absolute atomic E-state index is 9.82. The minimum Gasteiger partial charge on any atom is -0.384 e. The van der Waals surface area contributed by atoms with Crippen molar-refractivity contribution in [3.63, 3.8) is 0 Å². The van der Waals surface area contributed by atoms with Crippen LogP contribution in [0.3, 0.4) is 0 Å². The summed E-state index contributed by atoms with van der Waals surface area (Å²) < 4.78 is 0. The summed E-state index contributed by atoms with van der Waals surface area (Å²) in [7, 11) is 0. The van der Waals surface area contributed by atoms with Crippen LogP contribution in [0.5, 0.6) is 0 Å². The highest BCUT2D eigenvalue weighted by Gasteiger charge is 2.40. The van der Waals surface area contributed by atoms with Crippen molar-refractivity contribution in [2.24, 2.45) is 5.73 Å². The van der Waals surface area contributed by atoms with Gasteiger partial charge in [0.15, 0.2) is 12.4 Å². The molecule has 2 aliphatic heterocycles. The third-order valence-corrected chi connectivity index (χ3v) is 5.32. The molecule has 0 aliphatic carbocycles. The van der Waals surface area contributed by atoms with E-state index in [1.54, 1.807) is 12.4 Å². The predicted molar refractivity (Wildman–Crippen MR) is 90.0 cm³/mol. The summed E-state index contributed by atoms with van der Waals surface area (Å²) in [4.78, 5) is 5.82. The highest BCUT2D eigenvalue weighted by Crippen LogP contribution is 2.54. The summed E-state index contributed by atoms with van der Waals surface area (Å²) in [5, 5.41) is 20.3. The molecule has 5 nitrogen and oxygen atoms in total. The topological polar surface area (TPSA) is 91.0 Å². The molecule has 0 radical (unpaired) electrons. The number of anilines is 1. The summed E-state index contributed by atoms with van der Waals surface area (Å²) in [6.45, 7) is 0. The molecule has 4 rings (SSSR count). The second-order valence-electron chi connectivity index (χ2n) is 5.41. The standard InChI is InChI=1S/C18H11N5S/c19-9-12-16(11-5-7-22-8-6-11)13(10-20)18-23(17(12)21)14-3-1-2-4-15(14)24-18/h1-8,16H,21H2/p+1. The van der Waals surface area contributed by atoms with Gasteiger partial charge in [-0.1, -0.05) is 23.9 Å². The number of nitriles is 2. The lowest BCUT2D eigenvalue weighted by molar-refractivity contribution is -0.378. The van der Waals surface area contributed by atoms with Crippen molar-refractivity contribution in [2.75, 3.05) is 4.90 Å². The van der Waals surface area contributed by atoms with Crippen LogP contribution in [-0.4, -0.2) is 0 Å². The molecule has 1 atom stereocenters. The van der Waals surface area contributed by atoms with Gasteiger partial charge in [0.1, 0.15) is 10.9 Å². The molecule has 1 aromatic carbocycles. The van der Waals surface area contributed by atoms with Gasteiger partial charge in [-0.2, -0.15) is 10.5 Å². The van der Waals surface area contributed by atoms with Gasteiger partial charge in [-0.25, -0.2) is 4.98 Å². The fourth-order valence-electron chi connectivity index (χ4n) is 3.10. The third kappa shape index (κ3) is 1.91. The molecule has 114 valence electrons. The fourth-order valence-corrected chi connectivity index (χ4v) is 4.28. The summed E-state index contributed by atoms with van der Waals surface area (Å²) in [6.07, 6.45) is 3.56. The molecule has 0 amide bonds. The number of nitrogens with zero attached hydrogens (tertiary/aromatic N) is 3. The van der Waals surface area contributed by atoms with Gasteiger partial charge in [-0.3, -0.25) is 4.90 Å². The van der Waals surface area contributed by atoms with Crippen molar-refractivity contribution in [2.45, 2.75) is 10.8 Å². The molecule has 0 bridgehead atoms. The molecular weight excluding hydrogens is 318 g/mol. The van der Waals surface area contributed by atoms with E-state index in [4.69, 9.17) is 5.73 Å². The number of fused-ring (bicyclic) bond motifs is 3. The largest absolute Gasteiger partial charge is 0.384 e. The number of nitrogens with one attached hydrogen (secondary N) is 1. The number of benzene rings is 1. The van der Waals surface area contributed by atoms with Crippen LogP contribution in [0.25, 0.3) is 0 Å². The molecule has 1 aromatic heterocycles. The molecule has 2 aromatic rings. The number of H-pyrrole nitrogens is 1. The third-order valence-electron chi connectivity index (χ3n) is 4.16. The molecule has 3 heterocycles. The van der Waals surface area contributed by atoms with Crippen LogP contribution >= 0.6 is 11.8 Å². The van der Waals surface area contributed by atoms with E-state index in [0.717, 1.165) is 21.2 Å². The van der Waals surface area contributed by atoms with Crippen LogP contribution in [0.2, 0.25) is 0 Å². The number of aromatic nitrogens is 1. The first-order chi connectivity index (χ1) is 11.8. The van der Waals surface area contributed by atoms with Gasteiger partial charge in [0.05, 0.1) is 34.9 Å². The monoisotopic (exact) mass is 330 g/mol. The number of nitrogens with two attached hydrogens (primary N) is 1. The van der Waals surface area contributed by atoms with Gasteiger partial charge in [-0.15, -0.1) is 0 Å². The summed E-state index contributed by atoms with van der Waals surface area (Å²) >= 11 is 1.52. The minimum absolute atomic E-state index is 0.391. The molecule has 0 saturated carbocycles. The van der Waals surface area contributed by atoms with Gasteiger partial charge in [0.2, 0.25) is 0 Å². The molecule has 3 N–H and O–H groups in total. The number of rotatable bonds is 1. The smallest absolute Gasteiger partial charge is 0.167 e. The summed E-state index contributed by atoms with van der Waals surface area (Å²) in [5.74, 6) is -0.0514. The zero-order chi connectivity index (χ0) is 16.7. The molecule has 0 spiro atoms. The Hall–Kier alpha value is -3.22. The van der Waals surface area contributed by atoms with Gasteiger partial charge in [0.25, 0.3) is 0 Å². The van der Waals surface area contributed by atoms with E-state index in [-0.39, 0.29) is 0 Å². The van der Waals surface area contributed by atoms with Crippen molar-refractivity contribution in [1.29, 1.82) is 10.5 Å². The SMILES string of the molecule is N#CC1=C(N)N2C(=C(C#N)C1c1cc[nH+]cc1)Sc1ccccc12. The van der Waals surface area contributed by atoms with E-state index in [0.29, 0.717) is 17.0 Å². The van der Waals surface area contributed by atoms with Crippen LogP contribution in [0.1, 0.15) is 11.5 Å². The average molecular weight is 330 g/mol. The molecule has 6 heteroatoms. The molecule has 24 heavy (non-hydrogen) atoms. The Balaban J connectivity index is 1.99. The lowest BCUT2D eigenvalue weighted by atomic mass is 9.84. The van der Waals surface area contributed by atoms with E-state index in [9.17, 15) is 10.5 Å². The first-order valence-electron chi connectivity index (χ1n) is 7.33. The molecule has 2 aliphatic rings. The number of allylic oxidation sites excluding steroid dienone is 2. The fraction of sp³-hybridized carbons (Fsp3) is 0.0556. The zero-order valence-electron chi connectivity index (χ0n) is 12.5. The lowest BCUT2D eigenvalue weighted by Crippen LogP contribution is -2.32. The zero-order valence-corrected chi connectivity index (χ0v) is 13.3. The van der Waals surface area contributed by atoms with Crippen LogP contribution in [0.4, 0.5) is 5.69 Å². The molecule has 0 fully saturated rings. The van der Waals surface area contributed by atoms with E-state index in [1.165, 1.54) is 11.8 Å². The number of aromatic amines is 1. The van der Waals surface area contributed by atoms with Gasteiger partial charge >= 0.3 is 0 Å². The van der Waals surface area contributed by atoms with Crippen LogP contribution in [-0.2, 0) is 0 Å². The number of para-hydroxylation sites is 1. The van der Waals surface area contributed by atoms with Crippen molar-refractivity contribution >= 4 is 17.4 Å². The van der Waals surface area contributed by atoms with Crippen molar-refractivity contribution < 1.29 is 4.98 Å². The Kier molecular flexibility index (Phi) is 3.26. The maximum atomic E-state index is 9.82. The summed E-state index contributed by atoms with van der Waals surface area (Å²) in [6, 6.07) is 16.1. The Morgan fingerprint density at radius 2 is 1.75 bits per heavy atom. The molecular formula is C18H12N5S+. The van der Waals surface area contributed by atoms with E-state index < -0.39 is 5.92 Å². The average Bonchev–Trinajstić information content (AvgIpc) is 3.02. The van der Waals surface area contributed by atoms with Crippen LogP contribution in [0.15, 0.2) is 75.7 Å². The van der Waals surface area contributed by atoms with Crippen LogP contribution in [0, 0.1) is 22.7 Å². The quantitative estimate of drug-likeness (QED) is 0.868. The highest BCUT2D eigenvalue weighted by atomic mass is 32.2. The van der Waals surface area contributed by atoms with E-state index >= 15 is 0 Å². The second-order valence-corrected chi connectivity index (χ2v) is 6.44. The van der Waals surface area contributed by atoms with Crippen molar-refractivity contribution in [3.8, 4) is 12.1 Å². The predicted octanol–water partition coefficient (Wildman–Crippen LogP) is 2.64.